The number of rotatable bonds is 4. The van der Waals surface area contributed by atoms with Crippen LogP contribution in [0, 0.1) is 24.1 Å². The third kappa shape index (κ3) is 4.60. The summed E-state index contributed by atoms with van der Waals surface area (Å²) in [7, 11) is -1.55. The minimum atomic E-state index is -4.80. The van der Waals surface area contributed by atoms with E-state index in [1.54, 1.807) is 19.9 Å². The highest BCUT2D eigenvalue weighted by atomic mass is 32.2. The minimum absolute atomic E-state index is 0.00876. The van der Waals surface area contributed by atoms with Gasteiger partial charge < -0.3 is 9.80 Å². The average molecular weight is 468 g/mol. The van der Waals surface area contributed by atoms with E-state index in [2.05, 4.69) is 4.98 Å². The van der Waals surface area contributed by atoms with Gasteiger partial charge in [0.25, 0.3) is 5.91 Å². The Morgan fingerprint density at radius 1 is 1.31 bits per heavy atom. The molecule has 1 aliphatic heterocycles. The van der Waals surface area contributed by atoms with Crippen molar-refractivity contribution in [2.45, 2.75) is 39.0 Å². The first kappa shape index (κ1) is 23.7. The number of aromatic nitrogens is 1. The Labute approximate surface area is 184 Å². The summed E-state index contributed by atoms with van der Waals surface area (Å²) in [6, 6.07) is 6.04. The van der Waals surface area contributed by atoms with E-state index >= 15 is 0 Å². The molecule has 0 N–H and O–H groups in total. The van der Waals surface area contributed by atoms with Crippen molar-refractivity contribution in [3.05, 3.63) is 53.0 Å². The molecular weight excluding hydrogens is 448 g/mol. The van der Waals surface area contributed by atoms with Gasteiger partial charge in [-0.25, -0.2) is 9.37 Å². The van der Waals surface area contributed by atoms with Crippen molar-refractivity contribution in [1.29, 1.82) is 5.26 Å². The number of nitriles is 1. The fourth-order valence-corrected chi connectivity index (χ4v) is 5.01. The number of pyridine rings is 1. The summed E-state index contributed by atoms with van der Waals surface area (Å²) in [5.41, 5.74) is -1.49. The molecule has 2 atom stereocenters. The van der Waals surface area contributed by atoms with E-state index in [0.717, 1.165) is 6.07 Å². The minimum Gasteiger partial charge on any atom is -0.331 e. The number of anilines is 2. The van der Waals surface area contributed by atoms with Crippen molar-refractivity contribution in [2.75, 3.05) is 21.4 Å². The molecule has 6 nitrogen and oxygen atoms in total. The highest BCUT2D eigenvalue weighted by molar-refractivity contribution is 7.85. The van der Waals surface area contributed by atoms with Crippen molar-refractivity contribution in [2.24, 2.45) is 0 Å². The van der Waals surface area contributed by atoms with Gasteiger partial charge in [0.05, 0.1) is 17.2 Å². The first-order chi connectivity index (χ1) is 14.9. The van der Waals surface area contributed by atoms with Crippen LogP contribution in [0.5, 0.6) is 0 Å². The van der Waals surface area contributed by atoms with Crippen LogP contribution in [0.1, 0.15) is 30.7 Å². The van der Waals surface area contributed by atoms with Gasteiger partial charge in [-0.2, -0.15) is 18.4 Å². The molecule has 0 spiro atoms. The van der Waals surface area contributed by atoms with Crippen molar-refractivity contribution < 1.29 is 26.6 Å². The number of halogens is 4. The Morgan fingerprint density at radius 3 is 2.47 bits per heavy atom. The maximum atomic E-state index is 13.5. The molecule has 1 unspecified atom stereocenters. The fraction of sp³-hybridized carbons (Fsp3) is 0.381. The molecule has 3 rings (SSSR count). The van der Waals surface area contributed by atoms with Crippen molar-refractivity contribution in [3.63, 3.8) is 0 Å². The predicted octanol–water partition coefficient (Wildman–Crippen LogP) is 3.76. The number of amides is 1. The molecule has 1 aromatic heterocycles. The van der Waals surface area contributed by atoms with Gasteiger partial charge in [-0.3, -0.25) is 9.00 Å². The van der Waals surface area contributed by atoms with Gasteiger partial charge in [0, 0.05) is 28.2 Å². The Balaban J connectivity index is 2.10. The monoisotopic (exact) mass is 468 g/mol. The van der Waals surface area contributed by atoms with E-state index in [4.69, 9.17) is 0 Å². The maximum Gasteiger partial charge on any atom is 0.417 e. The topological polar surface area (TPSA) is 77.3 Å². The lowest BCUT2D eigenvalue weighted by molar-refractivity contribution is -0.137. The van der Waals surface area contributed by atoms with Crippen LogP contribution < -0.4 is 9.80 Å². The number of benzene rings is 1. The van der Waals surface area contributed by atoms with E-state index in [1.165, 1.54) is 41.0 Å². The van der Waals surface area contributed by atoms with Crippen LogP contribution >= 0.6 is 0 Å². The normalized spacial score (nSPS) is 18.7. The van der Waals surface area contributed by atoms with Crippen LogP contribution in [0.4, 0.5) is 29.1 Å². The summed E-state index contributed by atoms with van der Waals surface area (Å²) in [6.45, 7) is 4.80. The van der Waals surface area contributed by atoms with Crippen molar-refractivity contribution >= 4 is 28.2 Å². The molecule has 0 bridgehead atoms. The number of aryl methyl sites for hydroxylation is 1. The van der Waals surface area contributed by atoms with Crippen LogP contribution in [0.15, 0.2) is 30.3 Å². The third-order valence-corrected chi connectivity index (χ3v) is 6.22. The van der Waals surface area contributed by atoms with Crippen LogP contribution in [0.2, 0.25) is 0 Å². The van der Waals surface area contributed by atoms with Gasteiger partial charge in [0.2, 0.25) is 0 Å². The van der Waals surface area contributed by atoms with Gasteiger partial charge in [0.15, 0.2) is 0 Å². The van der Waals surface area contributed by atoms with Gasteiger partial charge in [-0.15, -0.1) is 0 Å². The number of hydrogen-bond acceptors (Lipinski definition) is 5. The summed E-state index contributed by atoms with van der Waals surface area (Å²) >= 11 is 0. The zero-order valence-corrected chi connectivity index (χ0v) is 18.3. The lowest BCUT2D eigenvalue weighted by Crippen LogP contribution is -2.50. The van der Waals surface area contributed by atoms with Crippen LogP contribution in [0.3, 0.4) is 0 Å². The summed E-state index contributed by atoms with van der Waals surface area (Å²) in [6.07, 6.45) is -4.80. The molecule has 2 aromatic rings. The highest BCUT2D eigenvalue weighted by Gasteiger charge is 2.43. The van der Waals surface area contributed by atoms with E-state index in [-0.39, 0.29) is 29.2 Å². The SMILES string of the molecule is Cc1cc(C(F)(F)F)c(C#N)c(N2CS(=O)C[C@H]2C(=O)N(c2ccc(F)cc2)C(C)C)n1. The lowest BCUT2D eigenvalue weighted by atomic mass is 10.1. The molecule has 1 aliphatic rings. The van der Waals surface area contributed by atoms with Crippen molar-refractivity contribution in [3.8, 4) is 6.07 Å². The number of nitrogens with zero attached hydrogens (tertiary/aromatic N) is 4. The van der Waals surface area contributed by atoms with E-state index < -0.39 is 45.9 Å². The Bertz CT molecular complexity index is 1100. The average Bonchev–Trinajstić information content (AvgIpc) is 3.09. The molecule has 1 saturated heterocycles. The van der Waals surface area contributed by atoms with Gasteiger partial charge in [-0.1, -0.05) is 0 Å². The summed E-state index contributed by atoms with van der Waals surface area (Å²) in [4.78, 5) is 20.2. The predicted molar refractivity (Wildman–Crippen MR) is 112 cm³/mol. The fourth-order valence-electron chi connectivity index (χ4n) is 3.62. The Morgan fingerprint density at radius 2 is 1.94 bits per heavy atom. The molecule has 2 heterocycles. The molecule has 1 amide bonds. The smallest absolute Gasteiger partial charge is 0.331 e. The molecular formula is C21H20F4N4O2S. The van der Waals surface area contributed by atoms with E-state index in [1.807, 2.05) is 0 Å². The van der Waals surface area contributed by atoms with E-state index in [0.29, 0.717) is 5.69 Å². The van der Waals surface area contributed by atoms with Gasteiger partial charge in [0.1, 0.15) is 29.3 Å². The van der Waals surface area contributed by atoms with Gasteiger partial charge >= 0.3 is 6.18 Å². The number of alkyl halides is 3. The zero-order chi connectivity index (χ0) is 23.8. The lowest BCUT2D eigenvalue weighted by Gasteiger charge is -2.33. The van der Waals surface area contributed by atoms with E-state index in [9.17, 15) is 31.8 Å². The molecule has 0 radical (unpaired) electrons. The molecule has 11 heteroatoms. The second-order valence-electron chi connectivity index (χ2n) is 7.62. The van der Waals surface area contributed by atoms with Crippen LogP contribution in [-0.4, -0.2) is 38.8 Å². The zero-order valence-electron chi connectivity index (χ0n) is 17.5. The van der Waals surface area contributed by atoms with Crippen LogP contribution in [0.25, 0.3) is 0 Å². The standard InChI is InChI=1S/C21H20F4N4O2S/c1-12(2)29(15-6-4-14(22)5-7-15)20(30)18-10-32(31)11-28(18)19-16(9-26)17(21(23,24)25)8-13(3)27-19/h4-8,12,18H,10-11H2,1-3H3/t18-,32?/m0/s1. The number of hydrogen-bond donors (Lipinski definition) is 0. The Kier molecular flexibility index (Phi) is 6.55. The third-order valence-electron chi connectivity index (χ3n) is 4.96. The number of carbonyl (C=O) groups excluding carboxylic acids is 1. The van der Waals surface area contributed by atoms with Gasteiger partial charge in [-0.05, 0) is 51.1 Å². The largest absolute Gasteiger partial charge is 0.417 e. The second kappa shape index (κ2) is 8.86. The first-order valence-electron chi connectivity index (χ1n) is 9.63. The quantitative estimate of drug-likeness (QED) is 0.639. The molecule has 0 aliphatic carbocycles. The van der Waals surface area contributed by atoms with Crippen LogP contribution in [-0.2, 0) is 21.8 Å². The molecule has 0 saturated carbocycles. The Hall–Kier alpha value is -3.00. The molecule has 1 aromatic carbocycles. The molecule has 32 heavy (non-hydrogen) atoms. The molecule has 170 valence electrons. The summed E-state index contributed by atoms with van der Waals surface area (Å²) in [5.74, 6) is -1.72. The second-order valence-corrected chi connectivity index (χ2v) is 9.09. The van der Waals surface area contributed by atoms with Crippen molar-refractivity contribution in [1.82, 2.24) is 4.98 Å². The maximum absolute atomic E-state index is 13.5. The highest BCUT2D eigenvalue weighted by Crippen LogP contribution is 2.37. The molecule has 1 fully saturated rings. The first-order valence-corrected chi connectivity index (χ1v) is 11.1. The summed E-state index contributed by atoms with van der Waals surface area (Å²) < 4.78 is 66.4. The summed E-state index contributed by atoms with van der Waals surface area (Å²) in [5, 5.41) is 9.48. The number of carbonyl (C=O) groups is 1.